The molecule has 12 heteroatoms. The average molecular weight is 498 g/mol. The molecule has 0 spiro atoms. The van der Waals surface area contributed by atoms with Crippen LogP contribution in [-0.2, 0) is 0 Å². The second kappa shape index (κ2) is 8.73. The highest BCUT2D eigenvalue weighted by atomic mass is 19.2. The summed E-state index contributed by atoms with van der Waals surface area (Å²) in [5, 5.41) is 0. The first kappa shape index (κ1) is 25.2. The highest BCUT2D eigenvalue weighted by Gasteiger charge is 2.33. The van der Waals surface area contributed by atoms with E-state index in [1.165, 1.54) is 0 Å². The summed E-state index contributed by atoms with van der Waals surface area (Å²) in [7, 11) is 0. The van der Waals surface area contributed by atoms with Crippen molar-refractivity contribution >= 4 is 0 Å². The molecule has 0 fully saturated rings. The van der Waals surface area contributed by atoms with Crippen LogP contribution in [0, 0.1) is 85.9 Å². The summed E-state index contributed by atoms with van der Waals surface area (Å²) in [4.78, 5) is 0. The van der Waals surface area contributed by atoms with Crippen molar-refractivity contribution in [2.24, 2.45) is 0 Å². The minimum absolute atomic E-state index is 0.505. The Morgan fingerprint density at radius 3 is 0.735 bits per heavy atom. The van der Waals surface area contributed by atoms with Gasteiger partial charge in [-0.3, -0.25) is 0 Å². The first-order chi connectivity index (χ1) is 15.7. The second-order valence-electron chi connectivity index (χ2n) is 7.16. The third kappa shape index (κ3) is 3.70. The average Bonchev–Trinajstić information content (AvgIpc) is 2.81. The molecule has 0 saturated heterocycles. The monoisotopic (exact) mass is 498 g/mol. The number of rotatable bonds is 4. The van der Waals surface area contributed by atoms with Crippen molar-refractivity contribution in [3.8, 4) is 23.0 Å². The van der Waals surface area contributed by atoms with Crippen LogP contribution in [0.5, 0.6) is 23.0 Å². The molecule has 182 valence electrons. The van der Waals surface area contributed by atoms with Crippen LogP contribution in [0.25, 0.3) is 0 Å². The predicted molar refractivity (Wildman–Crippen MR) is 98.0 cm³/mol. The maximum atomic E-state index is 14.5. The molecule has 34 heavy (non-hydrogen) atoms. The van der Waals surface area contributed by atoms with Gasteiger partial charge in [-0.05, 0) is 49.9 Å². The Balaban J connectivity index is 2.18. The Morgan fingerprint density at radius 2 is 0.471 bits per heavy atom. The van der Waals surface area contributed by atoms with Gasteiger partial charge in [0, 0.05) is 0 Å². The topological polar surface area (TPSA) is 18.5 Å². The zero-order valence-corrected chi connectivity index (χ0v) is 17.6. The smallest absolute Gasteiger partial charge is 0.208 e. The summed E-state index contributed by atoms with van der Waals surface area (Å²) in [6.45, 7) is 3.91. The molecule has 0 heterocycles. The van der Waals surface area contributed by atoms with Crippen LogP contribution in [0.3, 0.4) is 0 Å². The Kier molecular flexibility index (Phi) is 6.47. The van der Waals surface area contributed by atoms with E-state index in [2.05, 4.69) is 9.47 Å². The highest BCUT2D eigenvalue weighted by Crippen LogP contribution is 2.42. The van der Waals surface area contributed by atoms with Crippen LogP contribution >= 0.6 is 0 Å². The zero-order valence-electron chi connectivity index (χ0n) is 17.6. The summed E-state index contributed by atoms with van der Waals surface area (Å²) in [6, 6.07) is 0. The Morgan fingerprint density at radius 1 is 0.294 bits per heavy atom. The molecule has 0 aliphatic rings. The maximum Gasteiger partial charge on any atom is 0.208 e. The molecule has 0 aromatic heterocycles. The molecule has 2 nitrogen and oxygen atoms in total. The maximum absolute atomic E-state index is 14.5. The fraction of sp³-hybridized carbons (Fsp3) is 0.182. The lowest BCUT2D eigenvalue weighted by molar-refractivity contribution is 0.303. The normalized spacial score (nSPS) is 11.2. The summed E-state index contributed by atoms with van der Waals surface area (Å²) < 4.78 is 151. The number of benzene rings is 3. The van der Waals surface area contributed by atoms with Crippen molar-refractivity contribution in [3.63, 3.8) is 0 Å². The van der Waals surface area contributed by atoms with Gasteiger partial charge in [-0.25, -0.2) is 17.6 Å². The molecule has 0 amide bonds. The lowest BCUT2D eigenvalue weighted by atomic mass is 10.1. The van der Waals surface area contributed by atoms with E-state index >= 15 is 0 Å². The van der Waals surface area contributed by atoms with Gasteiger partial charge in [0.05, 0.1) is 0 Å². The molecule has 0 radical (unpaired) electrons. The van der Waals surface area contributed by atoms with Gasteiger partial charge < -0.3 is 9.47 Å². The molecule has 0 unspecified atom stereocenters. The second-order valence-corrected chi connectivity index (χ2v) is 7.16. The largest absolute Gasteiger partial charge is 0.445 e. The molecule has 3 aromatic rings. The zero-order chi connectivity index (χ0) is 25.8. The Hall–Kier alpha value is -3.44. The minimum atomic E-state index is -2.45. The van der Waals surface area contributed by atoms with Gasteiger partial charge in [0.1, 0.15) is 0 Å². The molecular formula is C22H12F10O2. The fourth-order valence-corrected chi connectivity index (χ4v) is 2.87. The van der Waals surface area contributed by atoms with Gasteiger partial charge in [0.25, 0.3) is 0 Å². The van der Waals surface area contributed by atoms with Gasteiger partial charge in [0.2, 0.25) is 57.9 Å². The van der Waals surface area contributed by atoms with Gasteiger partial charge >= 0.3 is 0 Å². The molecule has 3 rings (SSSR count). The highest BCUT2D eigenvalue weighted by molar-refractivity contribution is 5.47. The Bertz CT molecular complexity index is 1160. The lowest BCUT2D eigenvalue weighted by Gasteiger charge is -2.17. The van der Waals surface area contributed by atoms with Gasteiger partial charge in [0.15, 0.2) is 23.3 Å². The standard InChI is InChI=1S/C22H12F10O2/c1-5-7(3)11(25)19(13(27)9(5)23)33-21-15(29)17(31)22(18(32)16(21)30)34-20-12(26)8(4)6(2)10(24)14(20)28/h1-4H3. The van der Waals surface area contributed by atoms with E-state index in [4.69, 9.17) is 0 Å². The van der Waals surface area contributed by atoms with Crippen LogP contribution < -0.4 is 9.47 Å². The van der Waals surface area contributed by atoms with E-state index in [0.717, 1.165) is 27.7 Å². The molecule has 3 aromatic carbocycles. The summed E-state index contributed by atoms with van der Waals surface area (Å²) in [5.74, 6) is -27.9. The van der Waals surface area contributed by atoms with E-state index in [-0.39, 0.29) is 0 Å². The molecule has 0 N–H and O–H groups in total. The molecule has 0 aliphatic carbocycles. The van der Waals surface area contributed by atoms with Crippen molar-refractivity contribution in [3.05, 3.63) is 80.4 Å². The quantitative estimate of drug-likeness (QED) is 0.269. The number of ether oxygens (including phenoxy) is 2. The lowest BCUT2D eigenvalue weighted by Crippen LogP contribution is -2.09. The van der Waals surface area contributed by atoms with E-state index in [0.29, 0.717) is 0 Å². The third-order valence-corrected chi connectivity index (χ3v) is 5.22. The van der Waals surface area contributed by atoms with E-state index < -0.39 is 103 Å². The van der Waals surface area contributed by atoms with Crippen LogP contribution in [0.2, 0.25) is 0 Å². The van der Waals surface area contributed by atoms with Crippen LogP contribution in [-0.4, -0.2) is 0 Å². The Labute approximate surface area is 185 Å². The van der Waals surface area contributed by atoms with Crippen molar-refractivity contribution in [2.45, 2.75) is 27.7 Å². The first-order valence-corrected chi connectivity index (χ1v) is 9.21. The fourth-order valence-electron chi connectivity index (χ4n) is 2.87. The first-order valence-electron chi connectivity index (χ1n) is 9.21. The van der Waals surface area contributed by atoms with Gasteiger partial charge in [-0.2, -0.15) is 26.3 Å². The molecule has 0 saturated carbocycles. The van der Waals surface area contributed by atoms with Crippen molar-refractivity contribution in [1.82, 2.24) is 0 Å². The van der Waals surface area contributed by atoms with Gasteiger partial charge in [-0.15, -0.1) is 0 Å². The number of hydrogen-bond donors (Lipinski definition) is 0. The molecule has 0 atom stereocenters. The van der Waals surface area contributed by atoms with Crippen LogP contribution in [0.15, 0.2) is 0 Å². The van der Waals surface area contributed by atoms with Crippen LogP contribution in [0.4, 0.5) is 43.9 Å². The van der Waals surface area contributed by atoms with E-state index in [1.54, 1.807) is 0 Å². The molecule has 0 bridgehead atoms. The summed E-state index contributed by atoms with van der Waals surface area (Å²) >= 11 is 0. The summed E-state index contributed by atoms with van der Waals surface area (Å²) in [5.41, 5.74) is -2.07. The molecular weight excluding hydrogens is 486 g/mol. The third-order valence-electron chi connectivity index (χ3n) is 5.22. The number of hydrogen-bond acceptors (Lipinski definition) is 2. The van der Waals surface area contributed by atoms with Crippen LogP contribution in [0.1, 0.15) is 22.3 Å². The van der Waals surface area contributed by atoms with E-state index in [9.17, 15) is 43.9 Å². The molecule has 0 aliphatic heterocycles. The van der Waals surface area contributed by atoms with Crippen molar-refractivity contribution in [1.29, 1.82) is 0 Å². The SMILES string of the molecule is Cc1c(C)c(F)c(Oc2c(F)c(F)c(Oc3c(F)c(C)c(C)c(F)c3F)c(F)c2F)c(F)c1F. The summed E-state index contributed by atoms with van der Waals surface area (Å²) in [6.07, 6.45) is 0. The van der Waals surface area contributed by atoms with Crippen molar-refractivity contribution in [2.75, 3.05) is 0 Å². The minimum Gasteiger partial charge on any atom is -0.445 e. The van der Waals surface area contributed by atoms with E-state index in [1.807, 2.05) is 0 Å². The predicted octanol–water partition coefficient (Wildman–Crippen LogP) is 7.90. The van der Waals surface area contributed by atoms with Crippen molar-refractivity contribution < 1.29 is 53.4 Å². The number of halogens is 10. The van der Waals surface area contributed by atoms with Gasteiger partial charge in [-0.1, -0.05) is 0 Å².